The highest BCUT2D eigenvalue weighted by atomic mass is 19.1. The van der Waals surface area contributed by atoms with Gasteiger partial charge in [-0.05, 0) is 68.0 Å². The molecule has 1 amide bonds. The number of oxazole rings is 1. The zero-order valence-electron chi connectivity index (χ0n) is 16.1. The predicted molar refractivity (Wildman–Crippen MR) is 109 cm³/mol. The topological polar surface area (TPSA) is 64.2 Å². The number of fused-ring (bicyclic) bond motifs is 1. The Morgan fingerprint density at radius 1 is 1.14 bits per heavy atom. The fraction of sp³-hybridized carbons (Fsp3) is 0.304. The molecule has 1 heterocycles. The minimum absolute atomic E-state index is 0.176. The third-order valence-electron chi connectivity index (χ3n) is 5.30. The van der Waals surface area contributed by atoms with E-state index in [2.05, 4.69) is 11.4 Å². The first kappa shape index (κ1) is 19.2. The van der Waals surface area contributed by atoms with E-state index in [4.69, 9.17) is 4.42 Å². The number of amides is 1. The van der Waals surface area contributed by atoms with Crippen LogP contribution in [0.1, 0.15) is 48.0 Å². The van der Waals surface area contributed by atoms with Gasteiger partial charge >= 0.3 is 5.76 Å². The van der Waals surface area contributed by atoms with Gasteiger partial charge in [0.15, 0.2) is 5.58 Å². The molecule has 0 spiro atoms. The fourth-order valence-corrected chi connectivity index (χ4v) is 3.70. The van der Waals surface area contributed by atoms with Gasteiger partial charge in [0.25, 0.3) is 5.91 Å². The Kier molecular flexibility index (Phi) is 5.60. The van der Waals surface area contributed by atoms with E-state index < -0.39 is 5.76 Å². The van der Waals surface area contributed by atoms with Crippen molar-refractivity contribution in [3.05, 3.63) is 81.6 Å². The number of carbonyl (C=O) groups is 1. The van der Waals surface area contributed by atoms with Gasteiger partial charge in [0.1, 0.15) is 5.82 Å². The molecule has 0 fully saturated rings. The molecule has 6 heteroatoms. The average molecular weight is 394 g/mol. The van der Waals surface area contributed by atoms with E-state index in [1.807, 2.05) is 0 Å². The number of nitrogens with one attached hydrogen (secondary N) is 1. The summed E-state index contributed by atoms with van der Waals surface area (Å²) in [5.41, 5.74) is 3.62. The standard InChI is InChI=1S/C23H23FN2O3/c24-19-9-6-17(7-10-19)15-26-20-14-18(8-11-21(20)29-23(26)28)22(27)25-13-12-16-4-2-1-3-5-16/h4,6-11,14H,1-3,5,12-13,15H2,(H,25,27). The summed E-state index contributed by atoms with van der Waals surface area (Å²) in [5.74, 6) is -1.02. The lowest BCUT2D eigenvalue weighted by Gasteiger charge is -2.13. The van der Waals surface area contributed by atoms with Crippen LogP contribution in [-0.2, 0) is 6.54 Å². The van der Waals surface area contributed by atoms with E-state index in [1.165, 1.54) is 35.1 Å². The van der Waals surface area contributed by atoms with Crippen molar-refractivity contribution in [3.8, 4) is 0 Å². The van der Waals surface area contributed by atoms with Crippen LogP contribution in [0.25, 0.3) is 11.1 Å². The van der Waals surface area contributed by atoms with Crippen LogP contribution >= 0.6 is 0 Å². The Morgan fingerprint density at radius 2 is 1.97 bits per heavy atom. The fourth-order valence-electron chi connectivity index (χ4n) is 3.70. The normalized spacial score (nSPS) is 14.0. The molecule has 0 saturated heterocycles. The lowest BCUT2D eigenvalue weighted by molar-refractivity contribution is 0.0954. The number of hydrogen-bond acceptors (Lipinski definition) is 3. The van der Waals surface area contributed by atoms with Crippen LogP contribution in [0.15, 0.2) is 63.3 Å². The largest absolute Gasteiger partial charge is 0.420 e. The smallest absolute Gasteiger partial charge is 0.408 e. The van der Waals surface area contributed by atoms with Crippen molar-refractivity contribution in [1.29, 1.82) is 0 Å². The van der Waals surface area contributed by atoms with Crippen LogP contribution in [0.5, 0.6) is 0 Å². The number of hydrogen-bond donors (Lipinski definition) is 1. The number of allylic oxidation sites excluding steroid dienone is 1. The maximum Gasteiger partial charge on any atom is 0.420 e. The number of aromatic nitrogens is 1. The molecule has 1 aliphatic rings. The Balaban J connectivity index is 1.50. The van der Waals surface area contributed by atoms with Gasteiger partial charge in [-0.2, -0.15) is 0 Å². The Hall–Kier alpha value is -3.15. The second-order valence-electron chi connectivity index (χ2n) is 7.38. The summed E-state index contributed by atoms with van der Waals surface area (Å²) in [6.07, 6.45) is 7.87. The first-order valence-corrected chi connectivity index (χ1v) is 9.94. The van der Waals surface area contributed by atoms with Crippen molar-refractivity contribution < 1.29 is 13.6 Å². The molecule has 0 aliphatic heterocycles. The molecule has 4 rings (SSSR count). The SMILES string of the molecule is O=C(NCCC1=CCCCC1)c1ccc2oc(=O)n(Cc3ccc(F)cc3)c2c1. The molecule has 0 saturated carbocycles. The average Bonchev–Trinajstić information content (AvgIpc) is 3.05. The predicted octanol–water partition coefficient (Wildman–Crippen LogP) is 4.40. The summed E-state index contributed by atoms with van der Waals surface area (Å²) in [6.45, 7) is 0.835. The molecule has 1 aromatic heterocycles. The van der Waals surface area contributed by atoms with E-state index in [1.54, 1.807) is 30.3 Å². The third kappa shape index (κ3) is 4.47. The van der Waals surface area contributed by atoms with Gasteiger partial charge in [-0.25, -0.2) is 9.18 Å². The zero-order valence-corrected chi connectivity index (χ0v) is 16.1. The molecule has 3 aromatic rings. The number of rotatable bonds is 6. The molecule has 1 aliphatic carbocycles. The Bertz CT molecular complexity index is 1110. The van der Waals surface area contributed by atoms with Crippen molar-refractivity contribution >= 4 is 17.0 Å². The minimum Gasteiger partial charge on any atom is -0.408 e. The maximum absolute atomic E-state index is 13.1. The second-order valence-corrected chi connectivity index (χ2v) is 7.38. The summed E-state index contributed by atoms with van der Waals surface area (Å²) in [4.78, 5) is 24.8. The molecule has 5 nitrogen and oxygen atoms in total. The first-order chi connectivity index (χ1) is 14.1. The van der Waals surface area contributed by atoms with Gasteiger partial charge in [-0.3, -0.25) is 9.36 Å². The van der Waals surface area contributed by atoms with Crippen LogP contribution < -0.4 is 11.1 Å². The van der Waals surface area contributed by atoms with E-state index in [-0.39, 0.29) is 18.3 Å². The zero-order chi connectivity index (χ0) is 20.2. The first-order valence-electron chi connectivity index (χ1n) is 9.94. The van der Waals surface area contributed by atoms with Crippen molar-refractivity contribution in [2.24, 2.45) is 0 Å². The van der Waals surface area contributed by atoms with Gasteiger partial charge in [-0.1, -0.05) is 23.8 Å². The molecule has 2 aromatic carbocycles. The van der Waals surface area contributed by atoms with E-state index >= 15 is 0 Å². The van der Waals surface area contributed by atoms with E-state index in [0.29, 0.717) is 23.2 Å². The number of benzene rings is 2. The Labute approximate surface area is 167 Å². The monoisotopic (exact) mass is 394 g/mol. The molecular weight excluding hydrogens is 371 g/mol. The van der Waals surface area contributed by atoms with Crippen molar-refractivity contribution in [3.63, 3.8) is 0 Å². The molecule has 0 radical (unpaired) electrons. The van der Waals surface area contributed by atoms with Crippen LogP contribution in [0, 0.1) is 5.82 Å². The van der Waals surface area contributed by atoms with E-state index in [0.717, 1.165) is 24.8 Å². The van der Waals surface area contributed by atoms with E-state index in [9.17, 15) is 14.0 Å². The molecule has 1 N–H and O–H groups in total. The quantitative estimate of drug-likeness (QED) is 0.630. The molecule has 0 bridgehead atoms. The summed E-state index contributed by atoms with van der Waals surface area (Å²) in [6, 6.07) is 10.9. The van der Waals surface area contributed by atoms with Crippen LogP contribution in [0.3, 0.4) is 0 Å². The third-order valence-corrected chi connectivity index (χ3v) is 5.30. The lowest BCUT2D eigenvalue weighted by Crippen LogP contribution is -2.25. The van der Waals surface area contributed by atoms with Gasteiger partial charge in [0.05, 0.1) is 12.1 Å². The number of halogens is 1. The van der Waals surface area contributed by atoms with Gasteiger partial charge < -0.3 is 9.73 Å². The summed E-state index contributed by atoms with van der Waals surface area (Å²) in [5, 5.41) is 2.95. The lowest BCUT2D eigenvalue weighted by atomic mass is 9.97. The van der Waals surface area contributed by atoms with Crippen LogP contribution in [0.4, 0.5) is 4.39 Å². The van der Waals surface area contributed by atoms with Crippen molar-refractivity contribution in [1.82, 2.24) is 9.88 Å². The molecule has 0 atom stereocenters. The highest BCUT2D eigenvalue weighted by Crippen LogP contribution is 2.20. The van der Waals surface area contributed by atoms with Crippen molar-refractivity contribution in [2.75, 3.05) is 6.54 Å². The second kappa shape index (κ2) is 8.47. The summed E-state index contributed by atoms with van der Waals surface area (Å²) in [7, 11) is 0. The molecular formula is C23H23FN2O3. The molecule has 29 heavy (non-hydrogen) atoms. The molecule has 0 unspecified atom stereocenters. The van der Waals surface area contributed by atoms with Crippen LogP contribution in [0.2, 0.25) is 0 Å². The van der Waals surface area contributed by atoms with Gasteiger partial charge in [-0.15, -0.1) is 0 Å². The maximum atomic E-state index is 13.1. The number of carbonyl (C=O) groups excluding carboxylic acids is 1. The minimum atomic E-state index is -0.508. The number of nitrogens with zero attached hydrogens (tertiary/aromatic N) is 1. The highest BCUT2D eigenvalue weighted by Gasteiger charge is 2.14. The summed E-state index contributed by atoms with van der Waals surface area (Å²) >= 11 is 0. The van der Waals surface area contributed by atoms with Gasteiger partial charge in [0, 0.05) is 12.1 Å². The Morgan fingerprint density at radius 3 is 2.72 bits per heavy atom. The van der Waals surface area contributed by atoms with Gasteiger partial charge in [0.2, 0.25) is 0 Å². The van der Waals surface area contributed by atoms with Crippen LogP contribution in [-0.4, -0.2) is 17.0 Å². The van der Waals surface area contributed by atoms with Crippen molar-refractivity contribution in [2.45, 2.75) is 38.6 Å². The summed E-state index contributed by atoms with van der Waals surface area (Å²) < 4.78 is 19.9. The molecule has 150 valence electrons. The highest BCUT2D eigenvalue weighted by molar-refractivity contribution is 5.97.